The average Bonchev–Trinajstić information content (AvgIpc) is 3.02. The molecule has 0 unspecified atom stereocenters. The third-order valence-electron chi connectivity index (χ3n) is 4.71. The molecule has 1 aliphatic rings. The second-order valence-corrected chi connectivity index (χ2v) is 6.24. The standard InChI is InChI=1S/C21H20BNO/c1-22-23-20(17-11-5-2-6-12-17)21(24-22,18-13-7-3-8-14-18)19-15-9-4-10-16-19/h2-16,20,23H,1H3/t20-/m1/s1. The zero-order valence-electron chi connectivity index (χ0n) is 13.7. The molecule has 4 rings (SSSR count). The Kier molecular flexibility index (Phi) is 3.97. The summed E-state index contributed by atoms with van der Waals surface area (Å²) >= 11 is 0. The van der Waals surface area contributed by atoms with E-state index in [1.165, 1.54) is 16.7 Å². The van der Waals surface area contributed by atoms with Crippen LogP contribution in [-0.2, 0) is 10.3 Å². The predicted molar refractivity (Wildman–Crippen MR) is 98.7 cm³/mol. The largest absolute Gasteiger partial charge is 0.406 e. The first kappa shape index (κ1) is 15.2. The third kappa shape index (κ3) is 2.46. The van der Waals surface area contributed by atoms with E-state index >= 15 is 0 Å². The van der Waals surface area contributed by atoms with Crippen LogP contribution in [0.25, 0.3) is 0 Å². The third-order valence-corrected chi connectivity index (χ3v) is 4.71. The van der Waals surface area contributed by atoms with Gasteiger partial charge in [-0.25, -0.2) is 0 Å². The first-order valence-electron chi connectivity index (χ1n) is 8.40. The van der Waals surface area contributed by atoms with Crippen LogP contribution in [0.1, 0.15) is 22.7 Å². The highest BCUT2D eigenvalue weighted by molar-refractivity contribution is 6.48. The molecule has 2 nitrogen and oxygen atoms in total. The molecule has 24 heavy (non-hydrogen) atoms. The van der Waals surface area contributed by atoms with Crippen LogP contribution in [0.5, 0.6) is 0 Å². The van der Waals surface area contributed by atoms with E-state index in [1.807, 2.05) is 12.1 Å². The molecular weight excluding hydrogens is 293 g/mol. The molecule has 0 aromatic heterocycles. The lowest BCUT2D eigenvalue weighted by Gasteiger charge is -2.36. The summed E-state index contributed by atoms with van der Waals surface area (Å²) in [6.45, 7) is 2.07. The van der Waals surface area contributed by atoms with Crippen LogP contribution in [0, 0.1) is 0 Å². The van der Waals surface area contributed by atoms with Crippen molar-refractivity contribution in [2.75, 3.05) is 0 Å². The van der Waals surface area contributed by atoms with Gasteiger partial charge >= 0.3 is 7.05 Å². The van der Waals surface area contributed by atoms with Crippen molar-refractivity contribution >= 4 is 7.05 Å². The monoisotopic (exact) mass is 313 g/mol. The van der Waals surface area contributed by atoms with E-state index in [2.05, 4.69) is 90.9 Å². The fourth-order valence-corrected chi connectivity index (χ4v) is 3.72. The zero-order valence-corrected chi connectivity index (χ0v) is 13.7. The minimum absolute atomic E-state index is 0.0318. The zero-order chi connectivity index (χ0) is 16.4. The minimum atomic E-state index is -0.538. The Morgan fingerprint density at radius 1 is 0.750 bits per heavy atom. The van der Waals surface area contributed by atoms with Crippen molar-refractivity contribution in [2.24, 2.45) is 0 Å². The molecular formula is C21H20BNO. The van der Waals surface area contributed by atoms with Crippen LogP contribution in [0.15, 0.2) is 91.0 Å². The maximum Gasteiger partial charge on any atom is 0.377 e. The van der Waals surface area contributed by atoms with E-state index in [0.29, 0.717) is 0 Å². The Morgan fingerprint density at radius 3 is 1.71 bits per heavy atom. The van der Waals surface area contributed by atoms with Crippen molar-refractivity contribution in [3.8, 4) is 0 Å². The summed E-state index contributed by atoms with van der Waals surface area (Å²) < 4.78 is 6.58. The van der Waals surface area contributed by atoms with E-state index in [-0.39, 0.29) is 13.1 Å². The normalized spacial score (nSPS) is 19.4. The lowest BCUT2D eigenvalue weighted by molar-refractivity contribution is 0.114. The van der Waals surface area contributed by atoms with Gasteiger partial charge in [-0.3, -0.25) is 0 Å². The highest BCUT2D eigenvalue weighted by Gasteiger charge is 2.51. The SMILES string of the molecule is CB1N[C@H](c2ccccc2)C(c2ccccc2)(c2ccccc2)O1. The molecule has 1 heterocycles. The van der Waals surface area contributed by atoms with Crippen LogP contribution in [-0.4, -0.2) is 7.05 Å². The molecule has 0 aliphatic carbocycles. The Balaban J connectivity index is 1.95. The lowest BCUT2D eigenvalue weighted by Crippen LogP contribution is -2.35. The molecule has 3 heteroatoms. The summed E-state index contributed by atoms with van der Waals surface area (Å²) in [5.74, 6) is 0. The summed E-state index contributed by atoms with van der Waals surface area (Å²) in [7, 11) is -0.0318. The topological polar surface area (TPSA) is 21.3 Å². The molecule has 1 aliphatic heterocycles. The van der Waals surface area contributed by atoms with Crippen molar-refractivity contribution < 1.29 is 4.65 Å². The maximum atomic E-state index is 6.58. The first-order chi connectivity index (χ1) is 11.8. The second-order valence-electron chi connectivity index (χ2n) is 6.24. The fourth-order valence-electron chi connectivity index (χ4n) is 3.72. The van der Waals surface area contributed by atoms with Crippen molar-refractivity contribution in [3.05, 3.63) is 108 Å². The van der Waals surface area contributed by atoms with Gasteiger partial charge in [-0.1, -0.05) is 91.0 Å². The quantitative estimate of drug-likeness (QED) is 0.723. The van der Waals surface area contributed by atoms with Gasteiger partial charge in [0.05, 0.1) is 6.04 Å². The lowest BCUT2D eigenvalue weighted by atomic mass is 9.78. The second kappa shape index (κ2) is 6.27. The number of rotatable bonds is 3. The fraction of sp³-hybridized carbons (Fsp3) is 0.143. The number of nitrogens with one attached hydrogen (secondary N) is 1. The van der Waals surface area contributed by atoms with Crippen LogP contribution in [0.3, 0.4) is 0 Å². The molecule has 3 aromatic carbocycles. The smallest absolute Gasteiger partial charge is 0.377 e. The van der Waals surface area contributed by atoms with Gasteiger partial charge in [0.1, 0.15) is 5.60 Å². The van der Waals surface area contributed by atoms with Crippen LogP contribution < -0.4 is 5.23 Å². The van der Waals surface area contributed by atoms with E-state index in [1.54, 1.807) is 0 Å². The molecule has 1 atom stereocenters. The van der Waals surface area contributed by atoms with Crippen LogP contribution >= 0.6 is 0 Å². The highest BCUT2D eigenvalue weighted by atomic mass is 16.5. The Hall–Kier alpha value is -2.36. The molecule has 0 amide bonds. The van der Waals surface area contributed by atoms with E-state index < -0.39 is 5.60 Å². The van der Waals surface area contributed by atoms with Gasteiger partial charge in [-0.2, -0.15) is 0 Å². The van der Waals surface area contributed by atoms with Gasteiger partial charge in [0.2, 0.25) is 0 Å². The summed E-state index contributed by atoms with van der Waals surface area (Å²) in [5, 5.41) is 3.64. The molecule has 1 saturated heterocycles. The van der Waals surface area contributed by atoms with Gasteiger partial charge in [-0.15, -0.1) is 0 Å². The summed E-state index contributed by atoms with van der Waals surface area (Å²) in [4.78, 5) is 0. The van der Waals surface area contributed by atoms with E-state index in [9.17, 15) is 0 Å². The van der Waals surface area contributed by atoms with Crippen molar-refractivity contribution in [2.45, 2.75) is 18.5 Å². The molecule has 0 radical (unpaired) electrons. The molecule has 118 valence electrons. The van der Waals surface area contributed by atoms with Crippen molar-refractivity contribution in [3.63, 3.8) is 0 Å². The van der Waals surface area contributed by atoms with Crippen molar-refractivity contribution in [1.82, 2.24) is 5.23 Å². The van der Waals surface area contributed by atoms with Gasteiger partial charge in [0.25, 0.3) is 0 Å². The van der Waals surface area contributed by atoms with Crippen LogP contribution in [0.2, 0.25) is 6.82 Å². The minimum Gasteiger partial charge on any atom is -0.406 e. The number of hydrogen-bond donors (Lipinski definition) is 1. The molecule has 0 bridgehead atoms. The predicted octanol–water partition coefficient (Wildman–Crippen LogP) is 4.41. The maximum absolute atomic E-state index is 6.58. The van der Waals surface area contributed by atoms with Gasteiger partial charge in [0.15, 0.2) is 0 Å². The van der Waals surface area contributed by atoms with E-state index in [0.717, 1.165) is 0 Å². The summed E-state index contributed by atoms with van der Waals surface area (Å²) in [6, 6.07) is 31.6. The number of benzene rings is 3. The Bertz CT molecular complexity index is 752. The summed E-state index contributed by atoms with van der Waals surface area (Å²) in [5.41, 5.74) is 3.03. The first-order valence-corrected chi connectivity index (χ1v) is 8.40. The molecule has 0 saturated carbocycles. The van der Waals surface area contributed by atoms with Gasteiger partial charge < -0.3 is 9.88 Å². The Labute approximate surface area is 143 Å². The summed E-state index contributed by atoms with van der Waals surface area (Å²) in [6.07, 6.45) is 0. The number of hydrogen-bond acceptors (Lipinski definition) is 2. The van der Waals surface area contributed by atoms with Gasteiger partial charge in [0, 0.05) is 0 Å². The molecule has 3 aromatic rings. The van der Waals surface area contributed by atoms with Gasteiger partial charge in [-0.05, 0) is 23.5 Å². The highest BCUT2D eigenvalue weighted by Crippen LogP contribution is 2.48. The Morgan fingerprint density at radius 2 is 1.21 bits per heavy atom. The molecule has 1 fully saturated rings. The van der Waals surface area contributed by atoms with Crippen molar-refractivity contribution in [1.29, 1.82) is 0 Å². The molecule has 1 N–H and O–H groups in total. The molecule has 0 spiro atoms. The van der Waals surface area contributed by atoms with Crippen LogP contribution in [0.4, 0.5) is 0 Å². The average molecular weight is 313 g/mol. The van der Waals surface area contributed by atoms with E-state index in [4.69, 9.17) is 4.65 Å².